The van der Waals surface area contributed by atoms with Crippen LogP contribution in [0.4, 0.5) is 0 Å². The van der Waals surface area contributed by atoms with Gasteiger partial charge in [0.05, 0.1) is 12.0 Å². The molecule has 2 aromatic heterocycles. The first-order chi connectivity index (χ1) is 9.63. The van der Waals surface area contributed by atoms with Gasteiger partial charge < -0.3 is 14.0 Å². The molecule has 0 saturated carbocycles. The molecule has 0 fully saturated rings. The van der Waals surface area contributed by atoms with E-state index in [4.69, 9.17) is 4.52 Å². The van der Waals surface area contributed by atoms with Crippen LogP contribution in [0, 0.1) is 0 Å². The molecule has 0 saturated heterocycles. The number of aryl methyl sites for hydroxylation is 1. The zero-order valence-electron chi connectivity index (χ0n) is 12.3. The number of hydrogen-bond donors (Lipinski definition) is 0. The van der Waals surface area contributed by atoms with E-state index in [1.54, 1.807) is 0 Å². The molecule has 1 aliphatic heterocycles. The third-order valence-corrected chi connectivity index (χ3v) is 3.76. The van der Waals surface area contributed by atoms with Gasteiger partial charge in [-0.25, -0.2) is 4.98 Å². The highest BCUT2D eigenvalue weighted by Gasteiger charge is 2.24. The average molecular weight is 275 g/mol. The van der Waals surface area contributed by atoms with E-state index in [2.05, 4.69) is 38.6 Å². The summed E-state index contributed by atoms with van der Waals surface area (Å²) in [5.41, 5.74) is 3.57. The van der Waals surface area contributed by atoms with E-state index < -0.39 is 0 Å². The van der Waals surface area contributed by atoms with Crippen LogP contribution >= 0.6 is 0 Å². The SMILES string of the molecule is CN(C)Cc1noc2c1CN(Cc1cncn1C)CC2. The van der Waals surface area contributed by atoms with Crippen molar-refractivity contribution in [2.75, 3.05) is 20.6 Å². The number of hydrogen-bond acceptors (Lipinski definition) is 5. The molecule has 0 bridgehead atoms. The van der Waals surface area contributed by atoms with Crippen LogP contribution < -0.4 is 0 Å². The highest BCUT2D eigenvalue weighted by molar-refractivity contribution is 5.25. The van der Waals surface area contributed by atoms with E-state index >= 15 is 0 Å². The molecule has 1 aliphatic rings. The van der Waals surface area contributed by atoms with Crippen molar-refractivity contribution >= 4 is 0 Å². The summed E-state index contributed by atoms with van der Waals surface area (Å²) in [6, 6.07) is 0. The summed E-state index contributed by atoms with van der Waals surface area (Å²) >= 11 is 0. The maximum atomic E-state index is 5.47. The summed E-state index contributed by atoms with van der Waals surface area (Å²) in [7, 11) is 6.14. The summed E-state index contributed by atoms with van der Waals surface area (Å²) in [6.45, 7) is 3.67. The standard InChI is InChI=1S/C14H21N5O/c1-17(2)9-13-12-8-19(5-4-14(12)20-16-13)7-11-6-15-10-18(11)3/h6,10H,4-5,7-9H2,1-3H3. The lowest BCUT2D eigenvalue weighted by molar-refractivity contribution is 0.224. The Labute approximate surface area is 119 Å². The van der Waals surface area contributed by atoms with E-state index in [0.29, 0.717) is 0 Å². The molecule has 20 heavy (non-hydrogen) atoms. The van der Waals surface area contributed by atoms with Crippen molar-refractivity contribution in [3.8, 4) is 0 Å². The maximum absolute atomic E-state index is 5.47. The van der Waals surface area contributed by atoms with Crippen LogP contribution in [-0.2, 0) is 33.1 Å². The molecule has 0 amide bonds. The number of nitrogens with zero attached hydrogens (tertiary/aromatic N) is 5. The zero-order chi connectivity index (χ0) is 14.1. The largest absolute Gasteiger partial charge is 0.361 e. The van der Waals surface area contributed by atoms with Crippen LogP contribution in [0.5, 0.6) is 0 Å². The molecule has 0 unspecified atom stereocenters. The van der Waals surface area contributed by atoms with Gasteiger partial charge in [0.15, 0.2) is 0 Å². The Morgan fingerprint density at radius 2 is 2.25 bits per heavy atom. The minimum atomic E-state index is 0.832. The second-order valence-electron chi connectivity index (χ2n) is 5.73. The summed E-state index contributed by atoms with van der Waals surface area (Å²) in [4.78, 5) is 8.73. The van der Waals surface area contributed by atoms with Gasteiger partial charge in [-0.3, -0.25) is 4.90 Å². The minimum absolute atomic E-state index is 0.832. The molecule has 6 nitrogen and oxygen atoms in total. The molecule has 0 aromatic carbocycles. The van der Waals surface area contributed by atoms with Crippen molar-refractivity contribution in [1.29, 1.82) is 0 Å². The number of imidazole rings is 1. The van der Waals surface area contributed by atoms with Gasteiger partial charge in [-0.1, -0.05) is 5.16 Å². The molecule has 0 atom stereocenters. The van der Waals surface area contributed by atoms with Crippen LogP contribution in [0.3, 0.4) is 0 Å². The Bertz CT molecular complexity index is 586. The number of rotatable bonds is 4. The molecule has 0 radical (unpaired) electrons. The normalized spacial score (nSPS) is 15.8. The second kappa shape index (κ2) is 5.38. The molecular formula is C14H21N5O. The Hall–Kier alpha value is -1.66. The van der Waals surface area contributed by atoms with E-state index in [0.717, 1.165) is 44.1 Å². The molecule has 0 N–H and O–H groups in total. The van der Waals surface area contributed by atoms with Crippen molar-refractivity contribution in [3.05, 3.63) is 35.2 Å². The van der Waals surface area contributed by atoms with Crippen LogP contribution in [0.1, 0.15) is 22.7 Å². The van der Waals surface area contributed by atoms with Gasteiger partial charge in [0.2, 0.25) is 0 Å². The van der Waals surface area contributed by atoms with Gasteiger partial charge in [-0.05, 0) is 14.1 Å². The summed E-state index contributed by atoms with van der Waals surface area (Å²) < 4.78 is 7.55. The smallest absolute Gasteiger partial charge is 0.142 e. The van der Waals surface area contributed by atoms with E-state index in [1.807, 2.05) is 19.6 Å². The predicted octanol–water partition coefficient (Wildman–Crippen LogP) is 1.03. The number of aromatic nitrogens is 3. The first kappa shape index (κ1) is 13.3. The van der Waals surface area contributed by atoms with E-state index in [-0.39, 0.29) is 0 Å². The van der Waals surface area contributed by atoms with Gasteiger partial charge >= 0.3 is 0 Å². The first-order valence-corrected chi connectivity index (χ1v) is 6.92. The average Bonchev–Trinajstić information content (AvgIpc) is 2.97. The highest BCUT2D eigenvalue weighted by Crippen LogP contribution is 2.24. The lowest BCUT2D eigenvalue weighted by atomic mass is 10.1. The van der Waals surface area contributed by atoms with Gasteiger partial charge in [-0.2, -0.15) is 0 Å². The van der Waals surface area contributed by atoms with Crippen LogP contribution in [0.15, 0.2) is 17.0 Å². The fourth-order valence-electron chi connectivity index (χ4n) is 2.64. The van der Waals surface area contributed by atoms with Gasteiger partial charge in [0.25, 0.3) is 0 Å². The Morgan fingerprint density at radius 3 is 2.95 bits per heavy atom. The second-order valence-corrected chi connectivity index (χ2v) is 5.73. The summed E-state index contributed by atoms with van der Waals surface area (Å²) in [5, 5.41) is 4.23. The molecule has 3 heterocycles. The van der Waals surface area contributed by atoms with Crippen LogP contribution in [-0.4, -0.2) is 45.1 Å². The molecule has 0 spiro atoms. The van der Waals surface area contributed by atoms with Gasteiger partial charge in [0, 0.05) is 51.4 Å². The van der Waals surface area contributed by atoms with Crippen LogP contribution in [0.2, 0.25) is 0 Å². The van der Waals surface area contributed by atoms with E-state index in [1.165, 1.54) is 11.3 Å². The van der Waals surface area contributed by atoms with Gasteiger partial charge in [0.1, 0.15) is 11.5 Å². The fraction of sp³-hybridized carbons (Fsp3) is 0.571. The monoisotopic (exact) mass is 275 g/mol. The quantitative estimate of drug-likeness (QED) is 0.834. The minimum Gasteiger partial charge on any atom is -0.361 e. The summed E-state index contributed by atoms with van der Waals surface area (Å²) in [5.74, 6) is 1.06. The Balaban J connectivity index is 1.74. The highest BCUT2D eigenvalue weighted by atomic mass is 16.5. The first-order valence-electron chi connectivity index (χ1n) is 6.92. The van der Waals surface area contributed by atoms with Crippen molar-refractivity contribution in [2.24, 2.45) is 7.05 Å². The Morgan fingerprint density at radius 1 is 1.40 bits per heavy atom. The molecule has 0 aliphatic carbocycles. The lowest BCUT2D eigenvalue weighted by Crippen LogP contribution is -2.31. The molecule has 2 aromatic rings. The molecule has 108 valence electrons. The van der Waals surface area contributed by atoms with Gasteiger partial charge in [-0.15, -0.1) is 0 Å². The maximum Gasteiger partial charge on any atom is 0.142 e. The molecular weight excluding hydrogens is 254 g/mol. The lowest BCUT2D eigenvalue weighted by Gasteiger charge is -2.26. The number of fused-ring (bicyclic) bond motifs is 1. The van der Waals surface area contributed by atoms with Crippen molar-refractivity contribution in [2.45, 2.75) is 26.1 Å². The Kier molecular flexibility index (Phi) is 3.58. The zero-order valence-corrected chi connectivity index (χ0v) is 12.3. The molecule has 6 heteroatoms. The third kappa shape index (κ3) is 2.62. The molecule has 3 rings (SSSR count). The van der Waals surface area contributed by atoms with E-state index in [9.17, 15) is 0 Å². The fourth-order valence-corrected chi connectivity index (χ4v) is 2.64. The predicted molar refractivity (Wildman–Crippen MR) is 74.9 cm³/mol. The van der Waals surface area contributed by atoms with Crippen molar-refractivity contribution in [3.63, 3.8) is 0 Å². The third-order valence-electron chi connectivity index (χ3n) is 3.76. The van der Waals surface area contributed by atoms with Crippen molar-refractivity contribution in [1.82, 2.24) is 24.5 Å². The summed E-state index contributed by atoms with van der Waals surface area (Å²) in [6.07, 6.45) is 4.72. The van der Waals surface area contributed by atoms with Crippen molar-refractivity contribution < 1.29 is 4.52 Å². The van der Waals surface area contributed by atoms with Crippen LogP contribution in [0.25, 0.3) is 0 Å². The topological polar surface area (TPSA) is 50.3 Å².